The molecule has 5 atom stereocenters. The van der Waals surface area contributed by atoms with E-state index < -0.39 is 48.6 Å². The molecule has 0 saturated carbocycles. The average Bonchev–Trinajstić information content (AvgIpc) is 2.35. The van der Waals surface area contributed by atoms with Crippen LogP contribution in [0.25, 0.3) is 0 Å². The molecule has 0 radical (unpaired) electrons. The molecule has 0 unspecified atom stereocenters. The zero-order valence-electron chi connectivity index (χ0n) is 11.8. The first-order valence-corrected chi connectivity index (χ1v) is 7.70. The van der Waals surface area contributed by atoms with E-state index in [4.69, 9.17) is 18.9 Å². The highest BCUT2D eigenvalue weighted by Gasteiger charge is 2.50. The van der Waals surface area contributed by atoms with Gasteiger partial charge in [-0.1, -0.05) is 22.6 Å². The van der Waals surface area contributed by atoms with E-state index >= 15 is 0 Å². The van der Waals surface area contributed by atoms with E-state index in [0.29, 0.717) is 4.43 Å². The SMILES string of the molecule is CC(=O)O[C@H]1[C@@H](OC(C)=O)[C@@H](O)O[C@@H](CI)[C@H]1OC(C)=O. The first-order valence-electron chi connectivity index (χ1n) is 6.17. The molecule has 1 aliphatic heterocycles. The molecule has 21 heavy (non-hydrogen) atoms. The van der Waals surface area contributed by atoms with Crippen molar-refractivity contribution < 1.29 is 38.4 Å². The third-order valence-electron chi connectivity index (χ3n) is 2.67. The molecule has 0 aliphatic carbocycles. The number of aliphatic hydroxyl groups is 1. The minimum atomic E-state index is -1.48. The second kappa shape index (κ2) is 7.90. The van der Waals surface area contributed by atoms with Crippen molar-refractivity contribution in [1.29, 1.82) is 0 Å². The van der Waals surface area contributed by atoms with Gasteiger partial charge in [-0.25, -0.2) is 0 Å². The van der Waals surface area contributed by atoms with Crippen molar-refractivity contribution >= 4 is 40.5 Å². The molecule has 1 N–H and O–H groups in total. The van der Waals surface area contributed by atoms with Gasteiger partial charge < -0.3 is 24.1 Å². The Balaban J connectivity index is 3.08. The number of hydrogen-bond donors (Lipinski definition) is 1. The van der Waals surface area contributed by atoms with Gasteiger partial charge in [-0.15, -0.1) is 0 Å². The number of aliphatic hydroxyl groups excluding tert-OH is 1. The third-order valence-corrected chi connectivity index (χ3v) is 3.54. The molecule has 0 amide bonds. The minimum absolute atomic E-state index is 0.372. The summed E-state index contributed by atoms with van der Waals surface area (Å²) in [5, 5.41) is 9.92. The molecule has 120 valence electrons. The highest BCUT2D eigenvalue weighted by Crippen LogP contribution is 2.28. The molecule has 0 aromatic heterocycles. The van der Waals surface area contributed by atoms with Crippen molar-refractivity contribution in [1.82, 2.24) is 0 Å². The fourth-order valence-electron chi connectivity index (χ4n) is 2.00. The van der Waals surface area contributed by atoms with E-state index in [9.17, 15) is 19.5 Å². The van der Waals surface area contributed by atoms with Gasteiger partial charge in [0.25, 0.3) is 0 Å². The predicted molar refractivity (Wildman–Crippen MR) is 76.4 cm³/mol. The molecule has 1 rings (SSSR count). The van der Waals surface area contributed by atoms with Crippen molar-refractivity contribution in [3.05, 3.63) is 0 Å². The summed E-state index contributed by atoms with van der Waals surface area (Å²) < 4.78 is 20.8. The molecule has 1 fully saturated rings. The minimum Gasteiger partial charge on any atom is -0.456 e. The van der Waals surface area contributed by atoms with E-state index in [2.05, 4.69) is 0 Å². The smallest absolute Gasteiger partial charge is 0.303 e. The Morgan fingerprint density at radius 2 is 1.38 bits per heavy atom. The normalized spacial score (nSPS) is 32.1. The van der Waals surface area contributed by atoms with Crippen LogP contribution in [0.2, 0.25) is 0 Å². The summed E-state index contributed by atoms with van der Waals surface area (Å²) in [5.74, 6) is -1.95. The number of carbonyl (C=O) groups excluding carboxylic acids is 3. The number of halogens is 1. The molecule has 1 saturated heterocycles. The second-order valence-electron chi connectivity index (χ2n) is 4.44. The van der Waals surface area contributed by atoms with E-state index in [1.54, 1.807) is 0 Å². The van der Waals surface area contributed by atoms with Gasteiger partial charge in [0, 0.05) is 25.2 Å². The van der Waals surface area contributed by atoms with Crippen LogP contribution in [0, 0.1) is 0 Å². The average molecular weight is 416 g/mol. The van der Waals surface area contributed by atoms with Gasteiger partial charge >= 0.3 is 17.9 Å². The molecule has 8 nitrogen and oxygen atoms in total. The van der Waals surface area contributed by atoms with Crippen molar-refractivity contribution in [3.63, 3.8) is 0 Å². The molecule has 0 aromatic rings. The Labute approximate surface area is 135 Å². The highest BCUT2D eigenvalue weighted by atomic mass is 127. The first-order chi connectivity index (χ1) is 9.76. The summed E-state index contributed by atoms with van der Waals surface area (Å²) in [7, 11) is 0. The Kier molecular flexibility index (Phi) is 6.81. The summed E-state index contributed by atoms with van der Waals surface area (Å²) in [4.78, 5) is 33.6. The number of rotatable bonds is 4. The van der Waals surface area contributed by atoms with Crippen LogP contribution in [0.4, 0.5) is 0 Å². The fourth-order valence-corrected chi connectivity index (χ4v) is 2.70. The highest BCUT2D eigenvalue weighted by molar-refractivity contribution is 14.1. The molecule has 1 aliphatic rings. The zero-order chi connectivity index (χ0) is 16.2. The Bertz CT molecular complexity index is 412. The van der Waals surface area contributed by atoms with Crippen LogP contribution in [0.15, 0.2) is 0 Å². The van der Waals surface area contributed by atoms with Gasteiger partial charge in [0.2, 0.25) is 0 Å². The maximum atomic E-state index is 11.2. The summed E-state index contributed by atoms with van der Waals surface area (Å²) in [6.45, 7) is 3.50. The molecular weight excluding hydrogens is 399 g/mol. The number of carbonyl (C=O) groups is 3. The largest absolute Gasteiger partial charge is 0.456 e. The van der Waals surface area contributed by atoms with E-state index in [1.165, 1.54) is 6.92 Å². The number of esters is 3. The Hall–Kier alpha value is -0.940. The van der Waals surface area contributed by atoms with Crippen molar-refractivity contribution in [2.45, 2.75) is 51.5 Å². The van der Waals surface area contributed by atoms with Crippen molar-refractivity contribution in [2.24, 2.45) is 0 Å². The van der Waals surface area contributed by atoms with Gasteiger partial charge in [0.15, 0.2) is 24.6 Å². The number of ether oxygens (including phenoxy) is 4. The molecule has 0 aromatic carbocycles. The lowest BCUT2D eigenvalue weighted by Crippen LogP contribution is -2.61. The maximum absolute atomic E-state index is 11.2. The van der Waals surface area contributed by atoms with Crippen LogP contribution in [0.1, 0.15) is 20.8 Å². The van der Waals surface area contributed by atoms with Crippen LogP contribution in [0.5, 0.6) is 0 Å². The van der Waals surface area contributed by atoms with E-state index in [1.807, 2.05) is 22.6 Å². The third kappa shape index (κ3) is 5.08. The monoisotopic (exact) mass is 416 g/mol. The number of hydrogen-bond acceptors (Lipinski definition) is 8. The van der Waals surface area contributed by atoms with Crippen molar-refractivity contribution in [2.75, 3.05) is 4.43 Å². The van der Waals surface area contributed by atoms with Crippen LogP contribution >= 0.6 is 22.6 Å². The predicted octanol–water partition coefficient (Wildman–Crippen LogP) is -0.0663. The summed E-state index contributed by atoms with van der Waals surface area (Å²) in [6, 6.07) is 0. The molecule has 9 heteroatoms. The quantitative estimate of drug-likeness (QED) is 0.294. The van der Waals surface area contributed by atoms with Gasteiger partial charge in [-0.2, -0.15) is 0 Å². The standard InChI is InChI=1S/C12H17IO8/c1-5(14)18-9-8(4-13)21-12(17)11(20-7(3)16)10(9)19-6(2)15/h8-12,17H,4H2,1-3H3/t8-,9+,10+,11+,12-/m0/s1. The van der Waals surface area contributed by atoms with Crippen LogP contribution in [-0.2, 0) is 33.3 Å². The van der Waals surface area contributed by atoms with Gasteiger partial charge in [0.05, 0.1) is 0 Å². The van der Waals surface area contributed by atoms with Crippen molar-refractivity contribution in [3.8, 4) is 0 Å². The lowest BCUT2D eigenvalue weighted by Gasteiger charge is -2.42. The lowest BCUT2D eigenvalue weighted by molar-refractivity contribution is -0.286. The molecule has 0 bridgehead atoms. The van der Waals surface area contributed by atoms with E-state index in [0.717, 1.165) is 13.8 Å². The Morgan fingerprint density at radius 1 is 0.952 bits per heavy atom. The Morgan fingerprint density at radius 3 is 1.81 bits per heavy atom. The summed E-state index contributed by atoms with van der Waals surface area (Å²) in [6.07, 6.45) is -5.56. The summed E-state index contributed by atoms with van der Waals surface area (Å²) >= 11 is 1.98. The van der Waals surface area contributed by atoms with Crippen LogP contribution < -0.4 is 0 Å². The lowest BCUT2D eigenvalue weighted by atomic mass is 9.99. The fraction of sp³-hybridized carbons (Fsp3) is 0.750. The van der Waals surface area contributed by atoms with Gasteiger partial charge in [0.1, 0.15) is 6.10 Å². The zero-order valence-corrected chi connectivity index (χ0v) is 13.9. The van der Waals surface area contributed by atoms with Gasteiger partial charge in [-0.3, -0.25) is 14.4 Å². The first kappa shape index (κ1) is 18.1. The van der Waals surface area contributed by atoms with Crippen LogP contribution in [-0.4, -0.2) is 58.1 Å². The number of alkyl halides is 1. The van der Waals surface area contributed by atoms with Crippen LogP contribution in [0.3, 0.4) is 0 Å². The molecular formula is C12H17IO8. The maximum Gasteiger partial charge on any atom is 0.303 e. The van der Waals surface area contributed by atoms with Gasteiger partial charge in [-0.05, 0) is 0 Å². The summed E-state index contributed by atoms with van der Waals surface area (Å²) in [5.41, 5.74) is 0. The topological polar surface area (TPSA) is 108 Å². The molecule has 1 heterocycles. The molecule has 0 spiro atoms. The second-order valence-corrected chi connectivity index (χ2v) is 5.32. The van der Waals surface area contributed by atoms with E-state index in [-0.39, 0.29) is 0 Å².